The predicted octanol–water partition coefficient (Wildman–Crippen LogP) is 3.68. The Morgan fingerprint density at radius 3 is 2.73 bits per heavy atom. The van der Waals surface area contributed by atoms with Crippen LogP contribution in [0.1, 0.15) is 38.2 Å². The lowest BCUT2D eigenvalue weighted by Gasteiger charge is -2.33. The van der Waals surface area contributed by atoms with Gasteiger partial charge in [-0.2, -0.15) is 0 Å². The van der Waals surface area contributed by atoms with Gasteiger partial charge in [-0.1, -0.05) is 55.8 Å². The lowest BCUT2D eigenvalue weighted by molar-refractivity contribution is -0.122. The van der Waals surface area contributed by atoms with E-state index >= 15 is 0 Å². The number of hydrogen-bond acceptors (Lipinski definition) is 2. The van der Waals surface area contributed by atoms with Crippen LogP contribution in [0.2, 0.25) is 0 Å². The number of benzene rings is 2. The van der Waals surface area contributed by atoms with E-state index in [1.165, 1.54) is 16.3 Å². The van der Waals surface area contributed by atoms with Crippen LogP contribution in [0.5, 0.6) is 0 Å². The number of unbranched alkanes of at least 4 members (excludes halogenated alkanes) is 1. The Hall–Kier alpha value is -2.16. The van der Waals surface area contributed by atoms with E-state index in [4.69, 9.17) is 0 Å². The Bertz CT molecular complexity index is 715. The Balaban J connectivity index is 1.87. The van der Waals surface area contributed by atoms with Gasteiger partial charge in [0.1, 0.15) is 6.04 Å². The van der Waals surface area contributed by atoms with E-state index in [0.717, 1.165) is 25.1 Å². The van der Waals surface area contributed by atoms with E-state index < -0.39 is 0 Å². The molecule has 3 nitrogen and oxygen atoms in total. The number of aliphatic imine (C=N–C) groups is 1. The van der Waals surface area contributed by atoms with Crippen molar-refractivity contribution in [3.05, 3.63) is 48.0 Å². The topological polar surface area (TPSA) is 41.5 Å². The van der Waals surface area contributed by atoms with Gasteiger partial charge in [-0.05, 0) is 29.7 Å². The fourth-order valence-electron chi connectivity index (χ4n) is 3.14. The van der Waals surface area contributed by atoms with E-state index in [0.29, 0.717) is 0 Å². The summed E-state index contributed by atoms with van der Waals surface area (Å²) in [4.78, 5) is 16.8. The van der Waals surface area contributed by atoms with Crippen LogP contribution in [0.3, 0.4) is 0 Å². The molecule has 3 heteroatoms. The molecule has 1 aliphatic heterocycles. The van der Waals surface area contributed by atoms with Gasteiger partial charge in [-0.15, -0.1) is 0 Å². The fourth-order valence-corrected chi connectivity index (χ4v) is 3.14. The Kier molecular flexibility index (Phi) is 4.23. The van der Waals surface area contributed by atoms with Crippen molar-refractivity contribution >= 4 is 22.4 Å². The number of nitrogens with zero attached hydrogens (tertiary/aromatic N) is 1. The zero-order chi connectivity index (χ0) is 15.5. The molecule has 2 atom stereocenters. The molecule has 1 amide bonds. The van der Waals surface area contributed by atoms with E-state index in [1.54, 1.807) is 0 Å². The zero-order valence-corrected chi connectivity index (χ0v) is 13.2. The minimum absolute atomic E-state index is 0.0528. The second-order valence-corrected chi connectivity index (χ2v) is 5.91. The smallest absolute Gasteiger partial charge is 0.245 e. The summed E-state index contributed by atoms with van der Waals surface area (Å²) in [6.07, 6.45) is 2.10. The molecule has 1 heterocycles. The minimum atomic E-state index is -0.275. The van der Waals surface area contributed by atoms with Crippen molar-refractivity contribution in [3.8, 4) is 0 Å². The highest BCUT2D eigenvalue weighted by Crippen LogP contribution is 2.36. The maximum absolute atomic E-state index is 12.3. The van der Waals surface area contributed by atoms with Gasteiger partial charge in [-0.25, -0.2) is 0 Å². The molecule has 0 spiro atoms. The van der Waals surface area contributed by atoms with Crippen LogP contribution >= 0.6 is 0 Å². The zero-order valence-electron chi connectivity index (χ0n) is 13.2. The summed E-state index contributed by atoms with van der Waals surface area (Å²) in [6, 6.07) is 14.4. The molecule has 0 saturated carbocycles. The molecule has 2 aromatic carbocycles. The Labute approximate surface area is 131 Å². The van der Waals surface area contributed by atoms with Crippen LogP contribution < -0.4 is 5.32 Å². The third-order valence-electron chi connectivity index (χ3n) is 4.37. The molecule has 0 saturated heterocycles. The maximum atomic E-state index is 12.3. The van der Waals surface area contributed by atoms with Crippen molar-refractivity contribution < 1.29 is 4.79 Å². The molecule has 0 bridgehead atoms. The molecule has 1 aliphatic rings. The summed E-state index contributed by atoms with van der Waals surface area (Å²) >= 11 is 0. The third-order valence-corrected chi connectivity index (χ3v) is 4.37. The van der Waals surface area contributed by atoms with Gasteiger partial charge >= 0.3 is 0 Å². The molecule has 22 heavy (non-hydrogen) atoms. The first-order chi connectivity index (χ1) is 10.7. The average molecular weight is 294 g/mol. The van der Waals surface area contributed by atoms with Crippen molar-refractivity contribution in [2.24, 2.45) is 4.99 Å². The van der Waals surface area contributed by atoms with Crippen molar-refractivity contribution in [1.82, 2.24) is 5.32 Å². The van der Waals surface area contributed by atoms with Gasteiger partial charge in [0.05, 0.1) is 5.92 Å². The van der Waals surface area contributed by atoms with Gasteiger partial charge in [0, 0.05) is 12.3 Å². The number of fused-ring (bicyclic) bond motifs is 1. The predicted molar refractivity (Wildman–Crippen MR) is 91.5 cm³/mol. The second-order valence-electron chi connectivity index (χ2n) is 5.91. The summed E-state index contributed by atoms with van der Waals surface area (Å²) in [5, 5.41) is 5.44. The highest BCUT2D eigenvalue weighted by Gasteiger charge is 2.39. The van der Waals surface area contributed by atoms with E-state index in [-0.39, 0.29) is 17.9 Å². The summed E-state index contributed by atoms with van der Waals surface area (Å²) in [5.41, 5.74) is 2.26. The highest BCUT2D eigenvalue weighted by atomic mass is 16.2. The molecule has 114 valence electrons. The Morgan fingerprint density at radius 1 is 1.18 bits per heavy atom. The molecule has 0 radical (unpaired) electrons. The van der Waals surface area contributed by atoms with Gasteiger partial charge in [0.15, 0.2) is 0 Å². The number of carbonyl (C=O) groups excluding carboxylic acids is 1. The molecule has 3 rings (SSSR count). The molecule has 0 aliphatic carbocycles. The first-order valence-corrected chi connectivity index (χ1v) is 8.02. The molecule has 0 aromatic heterocycles. The molecular formula is C19H22N2O. The maximum Gasteiger partial charge on any atom is 0.245 e. The van der Waals surface area contributed by atoms with Gasteiger partial charge in [-0.3, -0.25) is 9.79 Å². The Morgan fingerprint density at radius 2 is 1.95 bits per heavy atom. The van der Waals surface area contributed by atoms with Crippen molar-refractivity contribution in [1.29, 1.82) is 0 Å². The number of hydrogen-bond donors (Lipinski definition) is 1. The summed E-state index contributed by atoms with van der Waals surface area (Å²) in [6.45, 7) is 4.88. The van der Waals surface area contributed by atoms with E-state index in [1.807, 2.05) is 19.1 Å². The number of amides is 1. The van der Waals surface area contributed by atoms with Crippen LogP contribution in [0, 0.1) is 0 Å². The summed E-state index contributed by atoms with van der Waals surface area (Å²) < 4.78 is 0. The van der Waals surface area contributed by atoms with Crippen LogP contribution in [0.4, 0.5) is 0 Å². The SMILES string of the molecule is CCCCNC(=O)[C@@H]1N=C(C)[C@@H]1c1cccc2ccccc12. The van der Waals surface area contributed by atoms with Crippen molar-refractivity contribution in [2.75, 3.05) is 6.54 Å². The minimum Gasteiger partial charge on any atom is -0.354 e. The van der Waals surface area contributed by atoms with Crippen LogP contribution in [0.15, 0.2) is 47.5 Å². The van der Waals surface area contributed by atoms with Crippen LogP contribution in [-0.2, 0) is 4.79 Å². The second kappa shape index (κ2) is 6.30. The van der Waals surface area contributed by atoms with Gasteiger partial charge in [0.25, 0.3) is 0 Å². The summed E-state index contributed by atoms with van der Waals surface area (Å²) in [5.74, 6) is 0.157. The molecule has 2 aromatic rings. The molecule has 1 N–H and O–H groups in total. The number of rotatable bonds is 5. The van der Waals surface area contributed by atoms with Gasteiger partial charge < -0.3 is 5.32 Å². The normalized spacial score (nSPS) is 20.4. The average Bonchev–Trinajstić information content (AvgIpc) is 2.53. The lowest BCUT2D eigenvalue weighted by atomic mass is 9.80. The number of nitrogens with one attached hydrogen (secondary N) is 1. The van der Waals surface area contributed by atoms with E-state index in [2.05, 4.69) is 47.6 Å². The first kappa shape index (κ1) is 14.8. The third kappa shape index (κ3) is 2.63. The monoisotopic (exact) mass is 294 g/mol. The summed E-state index contributed by atoms with van der Waals surface area (Å²) in [7, 11) is 0. The highest BCUT2D eigenvalue weighted by molar-refractivity contribution is 6.06. The molecule has 0 unspecified atom stereocenters. The van der Waals surface area contributed by atoms with E-state index in [9.17, 15) is 4.79 Å². The number of carbonyl (C=O) groups is 1. The van der Waals surface area contributed by atoms with Crippen molar-refractivity contribution in [2.45, 2.75) is 38.6 Å². The van der Waals surface area contributed by atoms with Gasteiger partial charge in [0.2, 0.25) is 5.91 Å². The van der Waals surface area contributed by atoms with Crippen LogP contribution in [0.25, 0.3) is 10.8 Å². The molecular weight excluding hydrogens is 272 g/mol. The quantitative estimate of drug-likeness (QED) is 0.840. The first-order valence-electron chi connectivity index (χ1n) is 8.02. The van der Waals surface area contributed by atoms with Crippen molar-refractivity contribution in [3.63, 3.8) is 0 Å². The fraction of sp³-hybridized carbons (Fsp3) is 0.368. The standard InChI is InChI=1S/C19H22N2O/c1-3-4-12-20-19(22)18-17(13(2)21-18)16-11-7-9-14-8-5-6-10-15(14)16/h5-11,17-18H,3-4,12H2,1-2H3,(H,20,22)/t17-,18-/m1/s1. The lowest BCUT2D eigenvalue weighted by Crippen LogP contribution is -2.46. The largest absolute Gasteiger partial charge is 0.354 e. The van der Waals surface area contributed by atoms with Crippen LogP contribution in [-0.4, -0.2) is 24.2 Å². The molecule has 0 fully saturated rings.